The van der Waals surface area contributed by atoms with Gasteiger partial charge in [0.05, 0.1) is 30.5 Å². The predicted octanol–water partition coefficient (Wildman–Crippen LogP) is 3.28. The molecule has 2 aromatic carbocycles. The van der Waals surface area contributed by atoms with Crippen LogP contribution in [0.5, 0.6) is 5.75 Å². The molecule has 3 aromatic rings. The molecule has 3 aliphatic rings. The Morgan fingerprint density at radius 2 is 1.78 bits per heavy atom. The van der Waals surface area contributed by atoms with Crippen LogP contribution < -0.4 is 15.0 Å². The van der Waals surface area contributed by atoms with Crippen molar-refractivity contribution in [2.45, 2.75) is 37.5 Å². The number of carbonyl (C=O) groups is 1. The first-order chi connectivity index (χ1) is 21.9. The largest absolute Gasteiger partial charge is 0.489 e. The predicted molar refractivity (Wildman–Crippen MR) is 163 cm³/mol. The molecule has 0 spiro atoms. The van der Waals surface area contributed by atoms with Gasteiger partial charge in [-0.3, -0.25) is 9.69 Å². The number of anilines is 3. The molecule has 3 fully saturated rings. The molecule has 6 rings (SSSR count). The number of nitrogens with zero attached hydrogens (tertiary/aromatic N) is 6. The maximum Gasteiger partial charge on any atom is 0.273 e. The fourth-order valence-corrected chi connectivity index (χ4v) is 5.79. The smallest absolute Gasteiger partial charge is 0.273 e. The maximum absolute atomic E-state index is 12.7. The van der Waals surface area contributed by atoms with E-state index >= 15 is 0 Å². The zero-order valence-corrected chi connectivity index (χ0v) is 24.7. The van der Waals surface area contributed by atoms with Crippen LogP contribution in [0.4, 0.5) is 26.1 Å². The Hall–Kier alpha value is -4.38. The fraction of sp³-hybridized carbons (Fsp3) is 0.438. The quantitative estimate of drug-likeness (QED) is 0.369. The lowest BCUT2D eigenvalue weighted by molar-refractivity contribution is -0.150. The standard InChI is InChI=1S/C32H35F2N7O4/c33-30(34)29(42)31(43)41-11-8-26(9-12-41)45-28-6-1-21(17-22(28)18-35)27-7-10-36-32(38-27)37-23-2-4-24(5-3-23)39-13-15-40(16-14-39)25-19-44-20-25/h1-7,10,17,25-26,29-30,42H,8-9,11-16,19-20H2,(H,36,37,38)/t29-/m0/s1. The van der Waals surface area contributed by atoms with Crippen LogP contribution in [0.15, 0.2) is 54.7 Å². The molecule has 1 atom stereocenters. The van der Waals surface area contributed by atoms with E-state index in [2.05, 4.69) is 43.3 Å². The summed E-state index contributed by atoms with van der Waals surface area (Å²) in [6, 6.07) is 18.0. The second kappa shape index (κ2) is 13.7. The number of benzene rings is 2. The van der Waals surface area contributed by atoms with E-state index in [9.17, 15) is 23.9 Å². The summed E-state index contributed by atoms with van der Waals surface area (Å²) >= 11 is 0. The Morgan fingerprint density at radius 3 is 2.42 bits per heavy atom. The minimum atomic E-state index is -3.12. The van der Waals surface area contributed by atoms with Crippen molar-refractivity contribution in [2.75, 3.05) is 62.7 Å². The highest BCUT2D eigenvalue weighted by atomic mass is 19.3. The number of aliphatic hydroxyl groups excluding tert-OH is 1. The number of amides is 1. The summed E-state index contributed by atoms with van der Waals surface area (Å²) in [4.78, 5) is 27.1. The van der Waals surface area contributed by atoms with Crippen LogP contribution in [0.3, 0.4) is 0 Å². The van der Waals surface area contributed by atoms with Crippen LogP contribution in [-0.2, 0) is 9.53 Å². The van der Waals surface area contributed by atoms with Gasteiger partial charge < -0.3 is 29.7 Å². The van der Waals surface area contributed by atoms with Crippen LogP contribution in [0, 0.1) is 11.3 Å². The van der Waals surface area contributed by atoms with Crippen molar-refractivity contribution in [2.24, 2.45) is 0 Å². The number of ether oxygens (including phenoxy) is 2. The van der Waals surface area contributed by atoms with Crippen molar-refractivity contribution in [3.8, 4) is 23.1 Å². The third kappa shape index (κ3) is 7.14. The molecule has 11 nitrogen and oxygen atoms in total. The molecule has 3 saturated heterocycles. The summed E-state index contributed by atoms with van der Waals surface area (Å²) in [5.41, 5.74) is 3.71. The molecule has 2 N–H and O–H groups in total. The zero-order chi connectivity index (χ0) is 31.3. The van der Waals surface area contributed by atoms with Crippen LogP contribution in [0.2, 0.25) is 0 Å². The second-order valence-electron chi connectivity index (χ2n) is 11.4. The molecule has 1 aromatic heterocycles. The van der Waals surface area contributed by atoms with E-state index in [-0.39, 0.29) is 19.2 Å². The highest BCUT2D eigenvalue weighted by molar-refractivity contribution is 5.81. The van der Waals surface area contributed by atoms with Gasteiger partial charge in [-0.05, 0) is 48.5 Å². The van der Waals surface area contributed by atoms with Gasteiger partial charge in [-0.2, -0.15) is 5.26 Å². The molecular weight excluding hydrogens is 584 g/mol. The van der Waals surface area contributed by atoms with Gasteiger partial charge in [-0.1, -0.05) is 0 Å². The first-order valence-electron chi connectivity index (χ1n) is 15.1. The van der Waals surface area contributed by atoms with Crippen molar-refractivity contribution >= 4 is 23.2 Å². The highest BCUT2D eigenvalue weighted by Gasteiger charge is 2.33. The second-order valence-corrected chi connectivity index (χ2v) is 11.4. The van der Waals surface area contributed by atoms with Gasteiger partial charge in [0.25, 0.3) is 12.3 Å². The first-order valence-corrected chi connectivity index (χ1v) is 15.1. The summed E-state index contributed by atoms with van der Waals surface area (Å²) in [5, 5.41) is 22.5. The number of hydrogen-bond acceptors (Lipinski definition) is 10. The topological polar surface area (TPSA) is 127 Å². The van der Waals surface area contributed by atoms with Gasteiger partial charge in [-0.25, -0.2) is 18.7 Å². The Morgan fingerprint density at radius 1 is 1.04 bits per heavy atom. The number of alkyl halides is 2. The molecule has 0 unspecified atom stereocenters. The minimum absolute atomic E-state index is 0.181. The van der Waals surface area contributed by atoms with Crippen molar-refractivity contribution in [1.82, 2.24) is 19.8 Å². The third-order valence-corrected chi connectivity index (χ3v) is 8.53. The molecular formula is C32H35F2N7O4. The Bertz CT molecular complexity index is 1520. The number of aliphatic hydroxyl groups is 1. The summed E-state index contributed by atoms with van der Waals surface area (Å²) in [5.74, 6) is -0.163. The average molecular weight is 620 g/mol. The van der Waals surface area contributed by atoms with Crippen LogP contribution >= 0.6 is 0 Å². The molecule has 3 aliphatic heterocycles. The van der Waals surface area contributed by atoms with Crippen molar-refractivity contribution < 1.29 is 28.2 Å². The molecule has 4 heterocycles. The monoisotopic (exact) mass is 619 g/mol. The number of piperidine rings is 1. The van der Waals surface area contributed by atoms with Crippen LogP contribution in [0.25, 0.3) is 11.3 Å². The van der Waals surface area contributed by atoms with E-state index in [4.69, 9.17) is 9.47 Å². The van der Waals surface area contributed by atoms with E-state index in [0.29, 0.717) is 47.4 Å². The van der Waals surface area contributed by atoms with Gasteiger partial charge in [0.15, 0.2) is 6.10 Å². The summed E-state index contributed by atoms with van der Waals surface area (Å²) in [7, 11) is 0. The van der Waals surface area contributed by atoms with E-state index in [1.807, 2.05) is 18.2 Å². The Kier molecular flexibility index (Phi) is 9.34. The lowest BCUT2D eigenvalue weighted by Gasteiger charge is -2.43. The van der Waals surface area contributed by atoms with Gasteiger partial charge in [-0.15, -0.1) is 0 Å². The number of aromatic nitrogens is 2. The van der Waals surface area contributed by atoms with E-state index in [1.54, 1.807) is 24.4 Å². The maximum atomic E-state index is 12.7. The van der Waals surface area contributed by atoms with Crippen LogP contribution in [-0.4, -0.2) is 108 Å². The molecule has 45 heavy (non-hydrogen) atoms. The Labute approximate surface area is 260 Å². The van der Waals surface area contributed by atoms with E-state index in [1.165, 1.54) is 10.6 Å². The number of likely N-dealkylation sites (tertiary alicyclic amines) is 1. The van der Waals surface area contributed by atoms with Gasteiger partial charge in [0, 0.05) is 75.2 Å². The number of halogens is 2. The third-order valence-electron chi connectivity index (χ3n) is 8.53. The zero-order valence-electron chi connectivity index (χ0n) is 24.7. The lowest BCUT2D eigenvalue weighted by atomic mass is 10.1. The van der Waals surface area contributed by atoms with E-state index < -0.39 is 18.4 Å². The molecule has 0 saturated carbocycles. The number of carbonyl (C=O) groups excluding carboxylic acids is 1. The minimum Gasteiger partial charge on any atom is -0.489 e. The lowest BCUT2D eigenvalue weighted by Crippen LogP contribution is -2.56. The summed E-state index contributed by atoms with van der Waals surface area (Å²) in [6.07, 6.45) is -3.30. The van der Waals surface area contributed by atoms with Gasteiger partial charge in [0.2, 0.25) is 5.95 Å². The molecule has 13 heteroatoms. The van der Waals surface area contributed by atoms with Gasteiger partial charge in [0.1, 0.15) is 17.9 Å². The normalized spacial score (nSPS) is 18.7. The van der Waals surface area contributed by atoms with E-state index in [0.717, 1.165) is 45.1 Å². The molecule has 0 aliphatic carbocycles. The van der Waals surface area contributed by atoms with Gasteiger partial charge >= 0.3 is 0 Å². The number of nitriles is 1. The SMILES string of the molecule is N#Cc1cc(-c2ccnc(Nc3ccc(N4CCN(C5COC5)CC4)cc3)n2)ccc1OC1CCN(C(=O)[C@@H](O)C(F)F)CC1. The molecule has 0 bridgehead atoms. The number of hydrogen-bond donors (Lipinski definition) is 2. The average Bonchev–Trinajstić information content (AvgIpc) is 3.04. The Balaban J connectivity index is 1.05. The summed E-state index contributed by atoms with van der Waals surface area (Å²) in [6.45, 7) is 6.09. The van der Waals surface area contributed by atoms with Crippen molar-refractivity contribution in [3.63, 3.8) is 0 Å². The molecule has 0 radical (unpaired) electrons. The highest BCUT2D eigenvalue weighted by Crippen LogP contribution is 2.29. The van der Waals surface area contributed by atoms with Crippen LogP contribution in [0.1, 0.15) is 18.4 Å². The number of piperazine rings is 1. The van der Waals surface area contributed by atoms with Crippen molar-refractivity contribution in [1.29, 1.82) is 5.26 Å². The van der Waals surface area contributed by atoms with Crippen molar-refractivity contribution in [3.05, 3.63) is 60.3 Å². The summed E-state index contributed by atoms with van der Waals surface area (Å²) < 4.78 is 36.8. The first kappa shape index (κ1) is 30.6. The number of nitrogens with one attached hydrogen (secondary N) is 1. The fourth-order valence-electron chi connectivity index (χ4n) is 5.79. The molecule has 1 amide bonds. The molecule has 236 valence electrons. The number of rotatable bonds is 9.